The van der Waals surface area contributed by atoms with Crippen molar-refractivity contribution in [1.29, 1.82) is 0 Å². The summed E-state index contributed by atoms with van der Waals surface area (Å²) in [7, 11) is -2.17. The van der Waals surface area contributed by atoms with E-state index in [9.17, 15) is 13.2 Å². The minimum absolute atomic E-state index is 0. The van der Waals surface area contributed by atoms with Crippen LogP contribution in [0.4, 0.5) is 5.69 Å². The van der Waals surface area contributed by atoms with Crippen molar-refractivity contribution in [2.45, 2.75) is 11.3 Å². The van der Waals surface area contributed by atoms with Gasteiger partial charge in [0.2, 0.25) is 0 Å². The first-order valence-electron chi connectivity index (χ1n) is 8.55. The lowest BCUT2D eigenvalue weighted by Gasteiger charge is -2.14. The van der Waals surface area contributed by atoms with E-state index in [4.69, 9.17) is 32.7 Å². The predicted molar refractivity (Wildman–Crippen MR) is 119 cm³/mol. The molecule has 1 aliphatic rings. The zero-order chi connectivity index (χ0) is 20.3. The third kappa shape index (κ3) is 5.79. The Morgan fingerprint density at radius 3 is 2.66 bits per heavy atom. The molecule has 158 valence electrons. The molecule has 1 heterocycles. The van der Waals surface area contributed by atoms with Gasteiger partial charge in [-0.1, -0.05) is 23.2 Å². The number of sulfone groups is 1. The normalized spacial score (nSPS) is 16.2. The number of ether oxygens (including phenoxy) is 2. The number of anilines is 1. The zero-order valence-corrected chi connectivity index (χ0v) is 18.9. The summed E-state index contributed by atoms with van der Waals surface area (Å²) in [5.74, 6) is -0.378. The maximum Gasteiger partial charge on any atom is 0.259 e. The Hall–Kier alpha value is -1.45. The fourth-order valence-electron chi connectivity index (χ4n) is 2.96. The average Bonchev–Trinajstić information content (AvgIpc) is 3.16. The Balaban J connectivity index is 0.00000300. The second kappa shape index (κ2) is 10.0. The maximum absolute atomic E-state index is 12.8. The van der Waals surface area contributed by atoms with E-state index in [0.717, 1.165) is 0 Å². The van der Waals surface area contributed by atoms with Crippen molar-refractivity contribution in [3.05, 3.63) is 52.0 Å². The van der Waals surface area contributed by atoms with Crippen LogP contribution in [-0.2, 0) is 14.6 Å². The first-order chi connectivity index (χ1) is 13.3. The van der Waals surface area contributed by atoms with Crippen LogP contribution >= 0.6 is 36.7 Å². The molecule has 1 N–H and O–H groups in total. The lowest BCUT2D eigenvalue weighted by atomic mass is 10.1. The van der Waals surface area contributed by atoms with Crippen LogP contribution in [0.3, 0.4) is 0 Å². The number of rotatable bonds is 6. The summed E-state index contributed by atoms with van der Waals surface area (Å²) in [5.41, 5.74) is 0.403. The Labute approximate surface area is 186 Å². The number of methoxy groups -OCH3 is 1. The van der Waals surface area contributed by atoms with Crippen LogP contribution in [0.5, 0.6) is 5.75 Å². The van der Waals surface area contributed by atoms with Crippen LogP contribution in [0.1, 0.15) is 16.8 Å². The van der Waals surface area contributed by atoms with Gasteiger partial charge in [-0.05, 0) is 48.7 Å². The lowest BCUT2D eigenvalue weighted by molar-refractivity contribution is 0.102. The fourth-order valence-corrected chi connectivity index (χ4v) is 4.95. The van der Waals surface area contributed by atoms with Gasteiger partial charge in [0.15, 0.2) is 9.84 Å². The molecule has 2 aromatic carbocycles. The highest BCUT2D eigenvalue weighted by molar-refractivity contribution is 7.91. The minimum atomic E-state index is -3.58. The van der Waals surface area contributed by atoms with Crippen molar-refractivity contribution in [1.82, 2.24) is 0 Å². The first-order valence-corrected chi connectivity index (χ1v) is 11.0. The fraction of sp³-hybridized carbons (Fsp3) is 0.316. The maximum atomic E-state index is 12.8. The number of nitrogens with one attached hydrogen (secondary N) is 1. The van der Waals surface area contributed by atoms with E-state index in [2.05, 4.69) is 5.32 Å². The largest absolute Gasteiger partial charge is 0.496 e. The molecule has 29 heavy (non-hydrogen) atoms. The third-order valence-corrected chi connectivity index (χ3v) is 6.88. The van der Waals surface area contributed by atoms with Gasteiger partial charge < -0.3 is 14.8 Å². The van der Waals surface area contributed by atoms with E-state index >= 15 is 0 Å². The van der Waals surface area contributed by atoms with E-state index < -0.39 is 15.7 Å². The van der Waals surface area contributed by atoms with Crippen molar-refractivity contribution in [3.8, 4) is 5.75 Å². The molecule has 1 fully saturated rings. The molecule has 0 bridgehead atoms. The molecule has 1 aliphatic heterocycles. The molecule has 0 saturated carbocycles. The van der Waals surface area contributed by atoms with Gasteiger partial charge in [0.05, 0.1) is 40.6 Å². The van der Waals surface area contributed by atoms with Crippen molar-refractivity contribution in [2.24, 2.45) is 5.92 Å². The van der Waals surface area contributed by atoms with Gasteiger partial charge in [-0.3, -0.25) is 4.79 Å². The SMILES string of the molecule is COc1ccc(S(=O)(=O)C[C@H]2CCOC2)cc1C(=O)Nc1cc(Cl)ccc1Cl.S. The molecule has 1 saturated heterocycles. The molecular formula is C19H21Cl2NO5S2. The number of benzene rings is 2. The molecule has 0 unspecified atom stereocenters. The summed E-state index contributed by atoms with van der Waals surface area (Å²) >= 11 is 12.0. The van der Waals surface area contributed by atoms with Gasteiger partial charge in [-0.2, -0.15) is 13.5 Å². The molecule has 3 rings (SSSR count). The standard InChI is InChI=1S/C19H19Cl2NO5S.H2S/c1-26-18-5-3-14(28(24,25)11-12-6-7-27-10-12)9-15(18)19(23)22-17-8-13(20)2-4-16(17)21;/h2-5,8-9,12H,6-7,10-11H2,1H3,(H,22,23);1H2/t12-;/m0./s1. The van der Waals surface area contributed by atoms with Crippen molar-refractivity contribution >= 4 is 58.1 Å². The highest BCUT2D eigenvalue weighted by Crippen LogP contribution is 2.29. The zero-order valence-electron chi connectivity index (χ0n) is 15.6. The van der Waals surface area contributed by atoms with Gasteiger partial charge in [0.25, 0.3) is 5.91 Å². The van der Waals surface area contributed by atoms with Gasteiger partial charge in [0, 0.05) is 11.6 Å². The van der Waals surface area contributed by atoms with Crippen molar-refractivity contribution < 1.29 is 22.7 Å². The Morgan fingerprint density at radius 2 is 2.00 bits per heavy atom. The van der Waals surface area contributed by atoms with Crippen LogP contribution < -0.4 is 10.1 Å². The number of carbonyl (C=O) groups excluding carboxylic acids is 1. The number of hydrogen-bond acceptors (Lipinski definition) is 5. The molecule has 0 radical (unpaired) electrons. The smallest absolute Gasteiger partial charge is 0.259 e. The van der Waals surface area contributed by atoms with E-state index in [1.807, 2.05) is 0 Å². The Bertz CT molecular complexity index is 992. The van der Waals surface area contributed by atoms with E-state index in [-0.39, 0.29) is 41.4 Å². The Morgan fingerprint density at radius 1 is 1.24 bits per heavy atom. The van der Waals surface area contributed by atoms with E-state index in [1.165, 1.54) is 31.4 Å². The number of halogens is 2. The molecule has 0 aliphatic carbocycles. The van der Waals surface area contributed by atoms with Gasteiger partial charge >= 0.3 is 0 Å². The van der Waals surface area contributed by atoms with E-state index in [1.54, 1.807) is 12.1 Å². The molecule has 10 heteroatoms. The predicted octanol–water partition coefficient (Wildman–Crippen LogP) is 4.18. The van der Waals surface area contributed by atoms with Crippen LogP contribution in [0, 0.1) is 5.92 Å². The highest BCUT2D eigenvalue weighted by Gasteiger charge is 2.26. The molecule has 0 aromatic heterocycles. The van der Waals surface area contributed by atoms with Crippen LogP contribution in [0.2, 0.25) is 10.0 Å². The summed E-state index contributed by atoms with van der Waals surface area (Å²) in [5, 5.41) is 3.36. The topological polar surface area (TPSA) is 81.7 Å². The first kappa shape index (κ1) is 23.8. The van der Waals surface area contributed by atoms with Crippen molar-refractivity contribution in [3.63, 3.8) is 0 Å². The monoisotopic (exact) mass is 477 g/mol. The van der Waals surface area contributed by atoms with Gasteiger partial charge in [-0.25, -0.2) is 8.42 Å². The molecule has 1 atom stereocenters. The molecule has 0 spiro atoms. The number of carbonyl (C=O) groups is 1. The quantitative estimate of drug-likeness (QED) is 0.674. The molecule has 6 nitrogen and oxygen atoms in total. The Kier molecular flexibility index (Phi) is 8.25. The minimum Gasteiger partial charge on any atom is -0.496 e. The lowest BCUT2D eigenvalue weighted by Crippen LogP contribution is -2.18. The van der Waals surface area contributed by atoms with Gasteiger partial charge in [-0.15, -0.1) is 0 Å². The van der Waals surface area contributed by atoms with Gasteiger partial charge in [0.1, 0.15) is 5.75 Å². The average molecular weight is 478 g/mol. The highest BCUT2D eigenvalue weighted by atomic mass is 35.5. The van der Waals surface area contributed by atoms with Crippen LogP contribution in [-0.4, -0.2) is 40.4 Å². The van der Waals surface area contributed by atoms with Crippen LogP contribution in [0.25, 0.3) is 0 Å². The summed E-state index contributed by atoms with van der Waals surface area (Å²) in [4.78, 5) is 12.8. The molecule has 1 amide bonds. The second-order valence-electron chi connectivity index (χ2n) is 6.45. The number of amides is 1. The summed E-state index contributed by atoms with van der Waals surface area (Å²) in [6.07, 6.45) is 0.704. The summed E-state index contributed by atoms with van der Waals surface area (Å²) in [6.45, 7) is 0.993. The molecule has 2 aromatic rings. The summed E-state index contributed by atoms with van der Waals surface area (Å²) < 4.78 is 36.0. The summed E-state index contributed by atoms with van der Waals surface area (Å²) in [6, 6.07) is 8.88. The second-order valence-corrected chi connectivity index (χ2v) is 9.33. The van der Waals surface area contributed by atoms with Crippen molar-refractivity contribution in [2.75, 3.05) is 31.4 Å². The van der Waals surface area contributed by atoms with Crippen LogP contribution in [0.15, 0.2) is 41.3 Å². The number of hydrogen-bond donors (Lipinski definition) is 1. The molecular weight excluding hydrogens is 457 g/mol. The third-order valence-electron chi connectivity index (χ3n) is 4.43. The van der Waals surface area contributed by atoms with E-state index in [0.29, 0.717) is 35.4 Å².